The molecule has 0 atom stereocenters. The fourth-order valence-corrected chi connectivity index (χ4v) is 2.41. The molecule has 0 aliphatic heterocycles. The molecule has 132 valence electrons. The molecule has 0 radical (unpaired) electrons. The highest BCUT2D eigenvalue weighted by Crippen LogP contribution is 2.21. The molecule has 6 heteroatoms. The first-order chi connectivity index (χ1) is 12.5. The Hall–Kier alpha value is -3.46. The first-order valence-corrected chi connectivity index (χ1v) is 8.30. The van der Waals surface area contributed by atoms with Gasteiger partial charge in [-0.1, -0.05) is 37.6 Å². The monoisotopic (exact) mass is 349 g/mol. The summed E-state index contributed by atoms with van der Waals surface area (Å²) < 4.78 is 0. The summed E-state index contributed by atoms with van der Waals surface area (Å²) >= 11 is 0. The van der Waals surface area contributed by atoms with E-state index in [0.717, 1.165) is 19.3 Å². The second-order valence-electron chi connectivity index (χ2n) is 5.74. The molecule has 0 aromatic heterocycles. The van der Waals surface area contributed by atoms with Gasteiger partial charge in [0.05, 0.1) is 10.5 Å². The van der Waals surface area contributed by atoms with E-state index < -0.39 is 10.8 Å². The topological polar surface area (TPSA) is 96.0 Å². The Morgan fingerprint density at radius 1 is 1.23 bits per heavy atom. The molecule has 1 N–H and O–H groups in total. The van der Waals surface area contributed by atoms with Crippen LogP contribution in [-0.2, 0) is 11.2 Å². The molecule has 2 rings (SSSR count). The Labute approximate surface area is 151 Å². The Morgan fingerprint density at radius 3 is 2.54 bits per heavy atom. The third-order valence-electron chi connectivity index (χ3n) is 3.83. The highest BCUT2D eigenvalue weighted by Gasteiger charge is 2.15. The van der Waals surface area contributed by atoms with Crippen LogP contribution in [0.3, 0.4) is 0 Å². The van der Waals surface area contributed by atoms with Crippen LogP contribution in [0.4, 0.5) is 11.4 Å². The van der Waals surface area contributed by atoms with E-state index in [1.54, 1.807) is 24.3 Å². The van der Waals surface area contributed by atoms with Gasteiger partial charge in [-0.05, 0) is 42.7 Å². The van der Waals surface area contributed by atoms with Crippen LogP contribution in [0, 0.1) is 21.4 Å². The van der Waals surface area contributed by atoms with Gasteiger partial charge in [0.15, 0.2) is 0 Å². The zero-order chi connectivity index (χ0) is 18.9. The lowest BCUT2D eigenvalue weighted by Gasteiger charge is -2.06. The summed E-state index contributed by atoms with van der Waals surface area (Å²) in [6.07, 6.45) is 4.41. The number of nitrogens with zero attached hydrogens (tertiary/aromatic N) is 2. The quantitative estimate of drug-likeness (QED) is 0.345. The van der Waals surface area contributed by atoms with Crippen molar-refractivity contribution in [1.82, 2.24) is 0 Å². The Bertz CT molecular complexity index is 865. The van der Waals surface area contributed by atoms with Gasteiger partial charge in [0.1, 0.15) is 11.6 Å². The van der Waals surface area contributed by atoms with Crippen LogP contribution in [0.1, 0.15) is 30.9 Å². The van der Waals surface area contributed by atoms with E-state index >= 15 is 0 Å². The number of aryl methyl sites for hydroxylation is 1. The second kappa shape index (κ2) is 9.14. The normalized spacial score (nSPS) is 10.8. The number of carbonyl (C=O) groups excluding carboxylic acids is 1. The van der Waals surface area contributed by atoms with Crippen molar-refractivity contribution in [2.24, 2.45) is 0 Å². The number of nitro groups is 1. The number of para-hydroxylation sites is 1. The van der Waals surface area contributed by atoms with Gasteiger partial charge in [-0.3, -0.25) is 14.9 Å². The van der Waals surface area contributed by atoms with Crippen molar-refractivity contribution in [1.29, 1.82) is 5.26 Å². The summed E-state index contributed by atoms with van der Waals surface area (Å²) in [5, 5.41) is 23.0. The van der Waals surface area contributed by atoms with Crippen molar-refractivity contribution in [2.45, 2.75) is 26.2 Å². The molecule has 0 saturated carbocycles. The molecule has 2 aromatic carbocycles. The number of benzene rings is 2. The molecule has 26 heavy (non-hydrogen) atoms. The number of nitro benzene ring substituents is 1. The van der Waals surface area contributed by atoms with Crippen molar-refractivity contribution in [3.63, 3.8) is 0 Å². The average Bonchev–Trinajstić information content (AvgIpc) is 2.65. The van der Waals surface area contributed by atoms with Gasteiger partial charge in [0, 0.05) is 11.8 Å². The Morgan fingerprint density at radius 2 is 1.92 bits per heavy atom. The zero-order valence-electron chi connectivity index (χ0n) is 14.4. The van der Waals surface area contributed by atoms with Crippen molar-refractivity contribution >= 4 is 23.4 Å². The van der Waals surface area contributed by atoms with Crippen molar-refractivity contribution in [3.05, 3.63) is 75.3 Å². The standard InChI is InChI=1S/C20H19N3O3/c1-2-3-6-15-9-11-18(12-10-15)22-20(24)17(14-21)13-16-7-4-5-8-19(16)23(25)26/h4-5,7-13H,2-3,6H2,1H3,(H,22,24)/b17-13+. The lowest BCUT2D eigenvalue weighted by atomic mass is 10.1. The number of anilines is 1. The molecule has 0 heterocycles. The van der Waals surface area contributed by atoms with E-state index in [1.807, 2.05) is 12.1 Å². The molecule has 0 aliphatic carbocycles. The minimum atomic E-state index is -0.605. The molecule has 0 saturated heterocycles. The first kappa shape index (κ1) is 18.9. The third kappa shape index (κ3) is 5.02. The van der Waals surface area contributed by atoms with Gasteiger partial charge < -0.3 is 5.32 Å². The number of carbonyl (C=O) groups is 1. The van der Waals surface area contributed by atoms with Crippen molar-refractivity contribution in [3.8, 4) is 6.07 Å². The number of hydrogen-bond donors (Lipinski definition) is 1. The maximum absolute atomic E-state index is 12.3. The maximum Gasteiger partial charge on any atom is 0.276 e. The summed E-state index contributed by atoms with van der Waals surface area (Å²) in [4.78, 5) is 22.8. The van der Waals surface area contributed by atoms with Gasteiger partial charge in [-0.15, -0.1) is 0 Å². The molecule has 0 fully saturated rings. The third-order valence-corrected chi connectivity index (χ3v) is 3.83. The van der Waals surface area contributed by atoms with Gasteiger partial charge in [-0.25, -0.2) is 0 Å². The minimum Gasteiger partial charge on any atom is -0.321 e. The summed E-state index contributed by atoms with van der Waals surface area (Å²) in [6, 6.07) is 15.2. The number of hydrogen-bond acceptors (Lipinski definition) is 4. The first-order valence-electron chi connectivity index (χ1n) is 8.30. The predicted molar refractivity (Wildman–Crippen MR) is 100 cm³/mol. The van der Waals surface area contributed by atoms with E-state index in [1.165, 1.54) is 29.8 Å². The van der Waals surface area contributed by atoms with E-state index in [9.17, 15) is 20.2 Å². The van der Waals surface area contributed by atoms with Crippen molar-refractivity contribution < 1.29 is 9.72 Å². The SMILES string of the molecule is CCCCc1ccc(NC(=O)/C(C#N)=C/c2ccccc2[N+](=O)[O-])cc1. The smallest absolute Gasteiger partial charge is 0.276 e. The van der Waals surface area contributed by atoms with Crippen LogP contribution >= 0.6 is 0 Å². The molecule has 1 amide bonds. The zero-order valence-corrected chi connectivity index (χ0v) is 14.4. The van der Waals surface area contributed by atoms with Gasteiger partial charge in [0.25, 0.3) is 11.6 Å². The van der Waals surface area contributed by atoms with E-state index in [-0.39, 0.29) is 16.8 Å². The molecule has 0 aliphatic rings. The molecule has 2 aromatic rings. The largest absolute Gasteiger partial charge is 0.321 e. The average molecular weight is 349 g/mol. The Balaban J connectivity index is 2.17. The molecule has 6 nitrogen and oxygen atoms in total. The van der Waals surface area contributed by atoms with Crippen LogP contribution in [0.5, 0.6) is 0 Å². The summed E-state index contributed by atoms with van der Waals surface area (Å²) in [7, 11) is 0. The van der Waals surface area contributed by atoms with Crippen LogP contribution < -0.4 is 5.32 Å². The van der Waals surface area contributed by atoms with Gasteiger partial charge in [-0.2, -0.15) is 5.26 Å². The van der Waals surface area contributed by atoms with Gasteiger partial charge >= 0.3 is 0 Å². The van der Waals surface area contributed by atoms with Crippen LogP contribution in [0.15, 0.2) is 54.1 Å². The Kier molecular flexibility index (Phi) is 6.63. The molecule has 0 spiro atoms. The fraction of sp³-hybridized carbons (Fsp3) is 0.200. The minimum absolute atomic E-state index is 0.159. The predicted octanol–water partition coefficient (Wildman–Crippen LogP) is 4.48. The van der Waals surface area contributed by atoms with E-state index in [4.69, 9.17) is 0 Å². The number of nitrogens with one attached hydrogen (secondary N) is 1. The van der Waals surface area contributed by atoms with Crippen LogP contribution in [0.25, 0.3) is 6.08 Å². The van der Waals surface area contributed by atoms with Crippen molar-refractivity contribution in [2.75, 3.05) is 5.32 Å². The highest BCUT2D eigenvalue weighted by atomic mass is 16.6. The molecule has 0 unspecified atom stereocenters. The fourth-order valence-electron chi connectivity index (χ4n) is 2.41. The van der Waals surface area contributed by atoms with Crippen LogP contribution in [0.2, 0.25) is 0 Å². The molecule has 0 bridgehead atoms. The van der Waals surface area contributed by atoms with Gasteiger partial charge in [0.2, 0.25) is 0 Å². The lowest BCUT2D eigenvalue weighted by molar-refractivity contribution is -0.385. The second-order valence-corrected chi connectivity index (χ2v) is 5.74. The maximum atomic E-state index is 12.3. The van der Waals surface area contributed by atoms with E-state index in [2.05, 4.69) is 12.2 Å². The number of rotatable bonds is 7. The highest BCUT2D eigenvalue weighted by molar-refractivity contribution is 6.09. The summed E-state index contributed by atoms with van der Waals surface area (Å²) in [5.41, 5.74) is 1.60. The summed E-state index contributed by atoms with van der Waals surface area (Å²) in [6.45, 7) is 2.13. The summed E-state index contributed by atoms with van der Waals surface area (Å²) in [5.74, 6) is -0.605. The lowest BCUT2D eigenvalue weighted by Crippen LogP contribution is -2.13. The number of amides is 1. The number of nitriles is 1. The van der Waals surface area contributed by atoms with E-state index in [0.29, 0.717) is 5.69 Å². The number of unbranched alkanes of at least 4 members (excludes halogenated alkanes) is 1. The molecular weight excluding hydrogens is 330 g/mol. The molecular formula is C20H19N3O3. The van der Waals surface area contributed by atoms with Crippen LogP contribution in [-0.4, -0.2) is 10.8 Å².